The molecule has 0 atom stereocenters. The third kappa shape index (κ3) is 8.79. The number of hydrogen-bond donors (Lipinski definition) is 3. The minimum Gasteiger partial charge on any atom is -0.325 e. The van der Waals surface area contributed by atoms with Crippen LogP contribution in [-0.4, -0.2) is 28.4 Å². The molecule has 0 bridgehead atoms. The Kier molecular flexibility index (Phi) is 9.87. The number of hydrogen-bond acceptors (Lipinski definition) is 6. The Bertz CT molecular complexity index is 1590. The smallest absolute Gasteiger partial charge is 0.272 e. The summed E-state index contributed by atoms with van der Waals surface area (Å²) >= 11 is 7.27. The van der Waals surface area contributed by atoms with E-state index in [0.717, 1.165) is 4.90 Å². The molecule has 9 nitrogen and oxygen atoms in total. The summed E-state index contributed by atoms with van der Waals surface area (Å²) in [5.41, 5.74) is 1.77. The Morgan fingerprint density at radius 1 is 0.829 bits per heavy atom. The molecule has 41 heavy (non-hydrogen) atoms. The van der Waals surface area contributed by atoms with Gasteiger partial charge >= 0.3 is 0 Å². The van der Waals surface area contributed by atoms with Crippen molar-refractivity contribution in [3.8, 4) is 0 Å². The van der Waals surface area contributed by atoms with Crippen LogP contribution in [0.3, 0.4) is 0 Å². The van der Waals surface area contributed by atoms with Crippen molar-refractivity contribution in [3.63, 3.8) is 0 Å². The second-order valence-electron chi connectivity index (χ2n) is 8.55. The number of thioether (sulfide) groups is 1. The van der Waals surface area contributed by atoms with Gasteiger partial charge in [-0.05, 0) is 78.4 Å². The minimum absolute atomic E-state index is 0.0520. The molecule has 0 saturated carbocycles. The molecule has 0 unspecified atom stereocenters. The molecule has 0 aliphatic rings. The van der Waals surface area contributed by atoms with Gasteiger partial charge in [-0.2, -0.15) is 0 Å². The van der Waals surface area contributed by atoms with Crippen LogP contribution in [0, 0.1) is 10.1 Å². The summed E-state index contributed by atoms with van der Waals surface area (Å²) in [7, 11) is 0. The number of benzene rings is 4. The van der Waals surface area contributed by atoms with E-state index in [1.807, 2.05) is 0 Å². The average molecular weight is 587 g/mol. The average Bonchev–Trinajstić information content (AvgIpc) is 2.97. The number of carbonyl (C=O) groups excluding carboxylic acids is 3. The number of nitro groups is 1. The fourth-order valence-electron chi connectivity index (χ4n) is 3.55. The van der Waals surface area contributed by atoms with E-state index >= 15 is 0 Å². The third-order valence-electron chi connectivity index (χ3n) is 5.53. The number of anilines is 2. The molecule has 0 spiro atoms. The molecule has 0 saturated heterocycles. The van der Waals surface area contributed by atoms with Gasteiger partial charge in [-0.1, -0.05) is 35.9 Å². The first-order chi connectivity index (χ1) is 19.8. The first-order valence-corrected chi connectivity index (χ1v) is 13.6. The quantitative estimate of drug-likeness (QED) is 0.0854. The lowest BCUT2D eigenvalue weighted by Gasteiger charge is -2.12. The summed E-state index contributed by atoms with van der Waals surface area (Å²) in [6.45, 7) is 0. The summed E-state index contributed by atoms with van der Waals surface area (Å²) in [5.74, 6) is -1.10. The van der Waals surface area contributed by atoms with Gasteiger partial charge < -0.3 is 16.0 Å². The van der Waals surface area contributed by atoms with Crippen molar-refractivity contribution in [3.05, 3.63) is 135 Å². The summed E-state index contributed by atoms with van der Waals surface area (Å²) in [5, 5.41) is 19.7. The maximum Gasteiger partial charge on any atom is 0.272 e. The second kappa shape index (κ2) is 13.9. The second-order valence-corrected chi connectivity index (χ2v) is 10.0. The van der Waals surface area contributed by atoms with Gasteiger partial charge in [0.1, 0.15) is 5.70 Å². The summed E-state index contributed by atoms with van der Waals surface area (Å²) < 4.78 is 0. The predicted octanol–water partition coefficient (Wildman–Crippen LogP) is 6.39. The van der Waals surface area contributed by atoms with Crippen molar-refractivity contribution in [1.29, 1.82) is 0 Å². The molecule has 0 heterocycles. The molecule has 11 heteroatoms. The molecule has 4 aromatic carbocycles. The van der Waals surface area contributed by atoms with Crippen molar-refractivity contribution in [2.45, 2.75) is 4.90 Å². The molecular weight excluding hydrogens is 564 g/mol. The Balaban J connectivity index is 1.42. The van der Waals surface area contributed by atoms with E-state index in [9.17, 15) is 24.5 Å². The molecule has 4 aromatic rings. The first-order valence-electron chi connectivity index (χ1n) is 12.2. The van der Waals surface area contributed by atoms with Crippen molar-refractivity contribution in [2.75, 3.05) is 16.4 Å². The van der Waals surface area contributed by atoms with Crippen molar-refractivity contribution in [2.24, 2.45) is 0 Å². The largest absolute Gasteiger partial charge is 0.325 e. The first kappa shape index (κ1) is 29.1. The highest BCUT2D eigenvalue weighted by molar-refractivity contribution is 8.00. The SMILES string of the molecule is O=C(CSc1ccc(NC(=O)/C(=C/c2ccc([N+](=O)[O-])cc2)NC(=O)c2ccccc2)cc1)Nc1cccc(Cl)c1. The Hall–Kier alpha value is -4.93. The number of carbonyl (C=O) groups is 3. The zero-order valence-corrected chi connectivity index (χ0v) is 22.9. The van der Waals surface area contributed by atoms with Crippen molar-refractivity contribution >= 4 is 64.2 Å². The normalized spacial score (nSPS) is 10.9. The number of non-ortho nitro benzene ring substituents is 1. The molecule has 4 rings (SSSR count). The maximum atomic E-state index is 13.2. The fraction of sp³-hybridized carbons (Fsp3) is 0.0333. The maximum absolute atomic E-state index is 13.2. The molecule has 3 N–H and O–H groups in total. The number of nitrogens with one attached hydrogen (secondary N) is 3. The zero-order chi connectivity index (χ0) is 29.2. The zero-order valence-electron chi connectivity index (χ0n) is 21.4. The predicted molar refractivity (Wildman–Crippen MR) is 161 cm³/mol. The summed E-state index contributed by atoms with van der Waals surface area (Å²) in [4.78, 5) is 49.5. The van der Waals surface area contributed by atoms with Crippen molar-refractivity contribution in [1.82, 2.24) is 5.32 Å². The van der Waals surface area contributed by atoms with E-state index in [1.165, 1.54) is 42.1 Å². The minimum atomic E-state index is -0.589. The highest BCUT2D eigenvalue weighted by Gasteiger charge is 2.16. The Morgan fingerprint density at radius 3 is 2.20 bits per heavy atom. The molecule has 0 fully saturated rings. The van der Waals surface area contributed by atoms with Gasteiger partial charge in [-0.25, -0.2) is 0 Å². The van der Waals surface area contributed by atoms with Crippen LogP contribution in [0.15, 0.2) is 114 Å². The molecule has 0 aliphatic carbocycles. The van der Waals surface area contributed by atoms with Gasteiger partial charge in [0.2, 0.25) is 5.91 Å². The van der Waals surface area contributed by atoms with E-state index in [2.05, 4.69) is 16.0 Å². The van der Waals surface area contributed by atoms with E-state index in [0.29, 0.717) is 27.5 Å². The number of nitro benzene ring substituents is 1. The van der Waals surface area contributed by atoms with Crippen LogP contribution < -0.4 is 16.0 Å². The topological polar surface area (TPSA) is 130 Å². The number of rotatable bonds is 10. The standard InChI is InChI=1S/C30H23ClN4O5S/c31-22-7-4-8-24(18-22)32-28(36)19-41-26-15-11-23(12-16-26)33-30(38)27(34-29(37)21-5-2-1-3-6-21)17-20-9-13-25(14-10-20)35(39)40/h1-18H,19H2,(H,32,36)(H,33,38)(H,34,37)/b27-17-. The molecule has 0 aromatic heterocycles. The van der Waals surface area contributed by atoms with Gasteiger partial charge in [0.15, 0.2) is 0 Å². The van der Waals surface area contributed by atoms with Crippen LogP contribution in [0.1, 0.15) is 15.9 Å². The molecule has 0 aliphatic heterocycles. The Labute approximate surface area is 244 Å². The molecule has 206 valence electrons. The monoisotopic (exact) mass is 586 g/mol. The van der Waals surface area contributed by atoms with Gasteiger partial charge in [-0.3, -0.25) is 24.5 Å². The third-order valence-corrected chi connectivity index (χ3v) is 6.78. The van der Waals surface area contributed by atoms with Gasteiger partial charge in [0, 0.05) is 39.0 Å². The lowest BCUT2D eigenvalue weighted by Crippen LogP contribution is -2.30. The van der Waals surface area contributed by atoms with Gasteiger partial charge in [0.05, 0.1) is 10.7 Å². The Morgan fingerprint density at radius 2 is 1.54 bits per heavy atom. The van der Waals surface area contributed by atoms with E-state index in [-0.39, 0.29) is 23.0 Å². The van der Waals surface area contributed by atoms with Crippen LogP contribution in [0.5, 0.6) is 0 Å². The molecule has 3 amide bonds. The van der Waals surface area contributed by atoms with Crippen LogP contribution in [0.4, 0.5) is 17.1 Å². The molecule has 0 radical (unpaired) electrons. The van der Waals surface area contributed by atoms with Crippen LogP contribution in [0.2, 0.25) is 5.02 Å². The number of halogens is 1. The van der Waals surface area contributed by atoms with E-state index in [4.69, 9.17) is 11.6 Å². The van der Waals surface area contributed by atoms with Crippen LogP contribution in [-0.2, 0) is 9.59 Å². The summed E-state index contributed by atoms with van der Waals surface area (Å²) in [6, 6.07) is 27.7. The van der Waals surface area contributed by atoms with Gasteiger partial charge in [0.25, 0.3) is 17.5 Å². The molecular formula is C30H23ClN4O5S. The van der Waals surface area contributed by atoms with Crippen molar-refractivity contribution < 1.29 is 19.3 Å². The van der Waals surface area contributed by atoms with Crippen LogP contribution >= 0.6 is 23.4 Å². The highest BCUT2D eigenvalue weighted by Crippen LogP contribution is 2.22. The van der Waals surface area contributed by atoms with Gasteiger partial charge in [-0.15, -0.1) is 11.8 Å². The fourth-order valence-corrected chi connectivity index (χ4v) is 4.44. The van der Waals surface area contributed by atoms with E-state index < -0.39 is 16.7 Å². The number of nitrogens with zero attached hydrogens (tertiary/aromatic N) is 1. The van der Waals surface area contributed by atoms with E-state index in [1.54, 1.807) is 78.9 Å². The summed E-state index contributed by atoms with van der Waals surface area (Å²) in [6.07, 6.45) is 1.43. The lowest BCUT2D eigenvalue weighted by atomic mass is 10.1. The lowest BCUT2D eigenvalue weighted by molar-refractivity contribution is -0.384. The van der Waals surface area contributed by atoms with Crippen LogP contribution in [0.25, 0.3) is 6.08 Å². The number of amides is 3. The highest BCUT2D eigenvalue weighted by atomic mass is 35.5.